The molecule has 2 aromatic carbocycles. The van der Waals surface area contributed by atoms with E-state index in [2.05, 4.69) is 17.2 Å². The van der Waals surface area contributed by atoms with Crippen molar-refractivity contribution < 1.29 is 9.50 Å². The Hall–Kier alpha value is -2.62. The van der Waals surface area contributed by atoms with E-state index in [-0.39, 0.29) is 11.6 Å². The van der Waals surface area contributed by atoms with E-state index in [1.807, 2.05) is 24.4 Å². The number of benzene rings is 2. The second-order valence-electron chi connectivity index (χ2n) is 4.89. The number of phenolic OH excluding ortho intramolecular Hbond substituents is 1. The maximum atomic E-state index is 13.3. The molecule has 0 unspecified atom stereocenters. The Labute approximate surface area is 122 Å². The van der Waals surface area contributed by atoms with Crippen molar-refractivity contribution in [1.29, 1.82) is 0 Å². The molecule has 4 heteroatoms. The molecule has 1 N–H and O–H groups in total. The molecule has 0 amide bonds. The topological polar surface area (TPSA) is 38.1 Å². The average Bonchev–Trinajstić information content (AvgIpc) is 2.97. The van der Waals surface area contributed by atoms with Crippen LogP contribution in [-0.4, -0.2) is 14.9 Å². The van der Waals surface area contributed by atoms with Crippen LogP contribution in [0.3, 0.4) is 0 Å². The number of hydrogen-bond acceptors (Lipinski definition) is 2. The lowest BCUT2D eigenvalue weighted by Gasteiger charge is -2.03. The van der Waals surface area contributed by atoms with Gasteiger partial charge in [0, 0.05) is 23.9 Å². The molecule has 0 aliphatic heterocycles. The molecule has 0 aliphatic carbocycles. The fourth-order valence-corrected chi connectivity index (χ4v) is 2.25. The van der Waals surface area contributed by atoms with Crippen LogP contribution in [-0.2, 0) is 13.0 Å². The first-order chi connectivity index (χ1) is 10.2. The van der Waals surface area contributed by atoms with Gasteiger partial charge in [-0.1, -0.05) is 30.3 Å². The minimum Gasteiger partial charge on any atom is -0.507 e. The van der Waals surface area contributed by atoms with E-state index in [0.29, 0.717) is 11.1 Å². The molecule has 0 bridgehead atoms. The predicted molar refractivity (Wildman–Crippen MR) is 79.4 cm³/mol. The molecule has 3 nitrogen and oxygen atoms in total. The fourth-order valence-electron chi connectivity index (χ4n) is 2.25. The highest BCUT2D eigenvalue weighted by Crippen LogP contribution is 2.29. The van der Waals surface area contributed by atoms with Crippen LogP contribution in [0.2, 0.25) is 0 Å². The maximum absolute atomic E-state index is 13.3. The van der Waals surface area contributed by atoms with E-state index >= 15 is 0 Å². The Kier molecular flexibility index (Phi) is 3.69. The predicted octanol–water partition coefficient (Wildman–Crippen LogP) is 3.64. The van der Waals surface area contributed by atoms with Gasteiger partial charge in [0.1, 0.15) is 11.6 Å². The quantitative estimate of drug-likeness (QED) is 0.793. The van der Waals surface area contributed by atoms with Crippen molar-refractivity contribution in [3.05, 3.63) is 72.3 Å². The molecule has 1 aromatic heterocycles. The van der Waals surface area contributed by atoms with E-state index in [1.165, 1.54) is 23.8 Å². The third-order valence-corrected chi connectivity index (χ3v) is 3.38. The molecule has 1 heterocycles. The molecule has 0 saturated heterocycles. The lowest BCUT2D eigenvalue weighted by Crippen LogP contribution is -2.01. The Morgan fingerprint density at radius 3 is 2.71 bits per heavy atom. The highest BCUT2D eigenvalue weighted by molar-refractivity contribution is 5.68. The molecular weight excluding hydrogens is 267 g/mol. The SMILES string of the molecule is Oc1ccc(F)cc1-c1cnn(CCc2ccccc2)c1. The van der Waals surface area contributed by atoms with Crippen molar-refractivity contribution in [3.8, 4) is 16.9 Å². The molecule has 3 aromatic rings. The van der Waals surface area contributed by atoms with Crippen molar-refractivity contribution in [2.24, 2.45) is 0 Å². The van der Waals surface area contributed by atoms with Crippen molar-refractivity contribution in [3.63, 3.8) is 0 Å². The number of halogens is 1. The van der Waals surface area contributed by atoms with Crippen LogP contribution in [0.5, 0.6) is 5.75 Å². The van der Waals surface area contributed by atoms with E-state index < -0.39 is 0 Å². The summed E-state index contributed by atoms with van der Waals surface area (Å²) in [7, 11) is 0. The molecule has 0 radical (unpaired) electrons. The summed E-state index contributed by atoms with van der Waals surface area (Å²) in [4.78, 5) is 0. The van der Waals surface area contributed by atoms with Crippen molar-refractivity contribution in [2.75, 3.05) is 0 Å². The van der Waals surface area contributed by atoms with Crippen LogP contribution in [0, 0.1) is 5.82 Å². The number of nitrogens with zero attached hydrogens (tertiary/aromatic N) is 2. The number of aromatic nitrogens is 2. The average molecular weight is 282 g/mol. The van der Waals surface area contributed by atoms with Gasteiger partial charge in [-0.25, -0.2) is 4.39 Å². The lowest BCUT2D eigenvalue weighted by atomic mass is 10.1. The molecule has 0 fully saturated rings. The van der Waals surface area contributed by atoms with Gasteiger partial charge in [-0.3, -0.25) is 4.68 Å². The van der Waals surface area contributed by atoms with Crippen molar-refractivity contribution in [1.82, 2.24) is 9.78 Å². The zero-order valence-electron chi connectivity index (χ0n) is 11.4. The van der Waals surface area contributed by atoms with Crippen LogP contribution >= 0.6 is 0 Å². The third-order valence-electron chi connectivity index (χ3n) is 3.38. The Balaban J connectivity index is 1.76. The van der Waals surface area contributed by atoms with E-state index in [4.69, 9.17) is 0 Å². The molecule has 0 spiro atoms. The summed E-state index contributed by atoms with van der Waals surface area (Å²) in [6.45, 7) is 0.736. The van der Waals surface area contributed by atoms with Crippen LogP contribution in [0.4, 0.5) is 4.39 Å². The van der Waals surface area contributed by atoms with Gasteiger partial charge in [0.05, 0.1) is 6.20 Å². The van der Waals surface area contributed by atoms with Crippen LogP contribution in [0.1, 0.15) is 5.56 Å². The van der Waals surface area contributed by atoms with Gasteiger partial charge in [0.25, 0.3) is 0 Å². The smallest absolute Gasteiger partial charge is 0.124 e. The molecule has 21 heavy (non-hydrogen) atoms. The van der Waals surface area contributed by atoms with Gasteiger partial charge in [0.2, 0.25) is 0 Å². The fraction of sp³-hybridized carbons (Fsp3) is 0.118. The zero-order chi connectivity index (χ0) is 14.7. The number of aromatic hydroxyl groups is 1. The number of aryl methyl sites for hydroxylation is 2. The second-order valence-corrected chi connectivity index (χ2v) is 4.89. The Morgan fingerprint density at radius 2 is 1.90 bits per heavy atom. The molecule has 0 saturated carbocycles. The third kappa shape index (κ3) is 3.11. The first kappa shape index (κ1) is 13.4. The summed E-state index contributed by atoms with van der Waals surface area (Å²) in [6.07, 6.45) is 4.33. The van der Waals surface area contributed by atoms with Gasteiger partial charge < -0.3 is 5.11 Å². The highest BCUT2D eigenvalue weighted by Gasteiger charge is 2.08. The lowest BCUT2D eigenvalue weighted by molar-refractivity contribution is 0.475. The van der Waals surface area contributed by atoms with E-state index in [0.717, 1.165) is 13.0 Å². The van der Waals surface area contributed by atoms with Crippen molar-refractivity contribution in [2.45, 2.75) is 13.0 Å². The zero-order valence-corrected chi connectivity index (χ0v) is 11.4. The highest BCUT2D eigenvalue weighted by atomic mass is 19.1. The van der Waals surface area contributed by atoms with Gasteiger partial charge in [-0.15, -0.1) is 0 Å². The summed E-state index contributed by atoms with van der Waals surface area (Å²) < 4.78 is 15.1. The van der Waals surface area contributed by atoms with Gasteiger partial charge in [-0.2, -0.15) is 5.10 Å². The monoisotopic (exact) mass is 282 g/mol. The normalized spacial score (nSPS) is 10.7. The number of phenols is 1. The van der Waals surface area contributed by atoms with Crippen LogP contribution in [0.25, 0.3) is 11.1 Å². The minimum atomic E-state index is -0.375. The summed E-state index contributed by atoms with van der Waals surface area (Å²) in [5.74, 6) is -0.321. The van der Waals surface area contributed by atoms with Gasteiger partial charge in [0.15, 0.2) is 0 Å². The molecule has 0 atom stereocenters. The Morgan fingerprint density at radius 1 is 1.10 bits per heavy atom. The summed E-state index contributed by atoms with van der Waals surface area (Å²) in [6, 6.07) is 14.1. The first-order valence-electron chi connectivity index (χ1n) is 6.77. The van der Waals surface area contributed by atoms with Crippen molar-refractivity contribution >= 4 is 0 Å². The maximum Gasteiger partial charge on any atom is 0.124 e. The van der Waals surface area contributed by atoms with Crippen LogP contribution < -0.4 is 0 Å². The van der Waals surface area contributed by atoms with E-state index in [9.17, 15) is 9.50 Å². The van der Waals surface area contributed by atoms with E-state index in [1.54, 1.807) is 10.9 Å². The molecule has 106 valence electrons. The molecule has 0 aliphatic rings. The summed E-state index contributed by atoms with van der Waals surface area (Å²) in [5, 5.41) is 14.1. The number of rotatable bonds is 4. The summed E-state index contributed by atoms with van der Waals surface area (Å²) in [5.41, 5.74) is 2.41. The molecule has 3 rings (SSSR count). The first-order valence-corrected chi connectivity index (χ1v) is 6.77. The van der Waals surface area contributed by atoms with Gasteiger partial charge >= 0.3 is 0 Å². The second kappa shape index (κ2) is 5.79. The standard InChI is InChI=1S/C17H15FN2O/c18-15-6-7-17(21)16(10-15)14-11-19-20(12-14)9-8-13-4-2-1-3-5-13/h1-7,10-12,21H,8-9H2. The summed E-state index contributed by atoms with van der Waals surface area (Å²) >= 11 is 0. The molecular formula is C17H15FN2O. The Bertz CT molecular complexity index is 738. The van der Waals surface area contributed by atoms with Crippen LogP contribution in [0.15, 0.2) is 60.9 Å². The largest absolute Gasteiger partial charge is 0.507 e. The minimum absolute atomic E-state index is 0.0546. The number of hydrogen-bond donors (Lipinski definition) is 1. The van der Waals surface area contributed by atoms with Gasteiger partial charge in [-0.05, 0) is 30.2 Å².